The molecule has 0 radical (unpaired) electrons. The highest BCUT2D eigenvalue weighted by atomic mass is 19.1. The number of halogens is 2. The number of hydrogen-bond acceptors (Lipinski definition) is 4. The molecule has 2 amide bonds. The zero-order chi connectivity index (χ0) is 20.3. The van der Waals surface area contributed by atoms with Gasteiger partial charge in [0.2, 0.25) is 0 Å². The van der Waals surface area contributed by atoms with Crippen LogP contribution in [0, 0.1) is 11.6 Å². The molecule has 2 aromatic heterocycles. The minimum Gasteiger partial charge on any atom is -0.495 e. The van der Waals surface area contributed by atoms with Crippen molar-refractivity contribution in [3.8, 4) is 5.75 Å². The maximum absolute atomic E-state index is 14.9. The summed E-state index contributed by atoms with van der Waals surface area (Å²) in [5.74, 6) is -1.55. The van der Waals surface area contributed by atoms with E-state index in [4.69, 9.17) is 4.74 Å². The number of nitrogens with one attached hydrogen (secondary N) is 3. The second-order valence-corrected chi connectivity index (χ2v) is 6.12. The summed E-state index contributed by atoms with van der Waals surface area (Å²) in [6.45, 7) is 2.28. The quantitative estimate of drug-likeness (QED) is 0.518. The van der Waals surface area contributed by atoms with Crippen molar-refractivity contribution >= 4 is 22.8 Å². The van der Waals surface area contributed by atoms with Gasteiger partial charge in [0.1, 0.15) is 23.3 Å². The zero-order valence-corrected chi connectivity index (χ0v) is 15.3. The lowest BCUT2D eigenvalue weighted by Crippen LogP contribution is -2.29. The lowest BCUT2D eigenvalue weighted by Gasteiger charge is -2.16. The van der Waals surface area contributed by atoms with Crippen molar-refractivity contribution in [2.24, 2.45) is 0 Å². The van der Waals surface area contributed by atoms with Gasteiger partial charge in [-0.3, -0.25) is 0 Å². The van der Waals surface area contributed by atoms with E-state index in [0.29, 0.717) is 29.7 Å². The summed E-state index contributed by atoms with van der Waals surface area (Å²) >= 11 is 0. The van der Waals surface area contributed by atoms with Crippen molar-refractivity contribution in [2.45, 2.75) is 19.4 Å². The number of urea groups is 1. The molecule has 0 aliphatic rings. The number of carbonyl (C=O) groups is 1. The Bertz CT molecular complexity index is 1010. The van der Waals surface area contributed by atoms with E-state index in [1.54, 1.807) is 6.07 Å². The minimum absolute atomic E-state index is 0.229. The topological polar surface area (TPSA) is 99.3 Å². The van der Waals surface area contributed by atoms with Crippen LogP contribution < -0.4 is 15.4 Å². The highest BCUT2D eigenvalue weighted by Gasteiger charge is 2.25. The molecule has 0 aliphatic carbocycles. The van der Waals surface area contributed by atoms with Crippen LogP contribution in [0.2, 0.25) is 0 Å². The zero-order valence-electron chi connectivity index (χ0n) is 15.3. The first-order valence-electron chi connectivity index (χ1n) is 8.68. The van der Waals surface area contributed by atoms with Gasteiger partial charge in [0.15, 0.2) is 5.82 Å². The van der Waals surface area contributed by atoms with Crippen LogP contribution in [0.15, 0.2) is 30.6 Å². The third-order valence-corrected chi connectivity index (χ3v) is 4.25. The molecule has 0 fully saturated rings. The van der Waals surface area contributed by atoms with Crippen LogP contribution in [0.25, 0.3) is 11.0 Å². The van der Waals surface area contributed by atoms with Crippen LogP contribution in [0.5, 0.6) is 5.75 Å². The predicted molar refractivity (Wildman–Crippen MR) is 100 cm³/mol. The summed E-state index contributed by atoms with van der Waals surface area (Å²) in [4.78, 5) is 18.8. The van der Waals surface area contributed by atoms with E-state index < -0.39 is 29.3 Å². The molecule has 1 atom stereocenters. The highest BCUT2D eigenvalue weighted by molar-refractivity contribution is 5.89. The molecule has 148 valence electrons. The number of ether oxygens (including phenoxy) is 1. The average Bonchev–Trinajstić information content (AvgIpc) is 3.11. The van der Waals surface area contributed by atoms with Crippen molar-refractivity contribution < 1.29 is 23.4 Å². The second-order valence-electron chi connectivity index (χ2n) is 6.12. The van der Waals surface area contributed by atoms with E-state index in [0.717, 1.165) is 12.1 Å². The normalized spacial score (nSPS) is 12.0. The number of aliphatic hydroxyl groups excluding tert-OH is 1. The third kappa shape index (κ3) is 3.74. The van der Waals surface area contributed by atoms with E-state index >= 15 is 0 Å². The fourth-order valence-electron chi connectivity index (χ4n) is 2.82. The van der Waals surface area contributed by atoms with Gasteiger partial charge >= 0.3 is 6.03 Å². The first-order chi connectivity index (χ1) is 13.5. The molecular formula is C19H20F2N4O3. The number of aliphatic hydroxyl groups is 1. The van der Waals surface area contributed by atoms with Gasteiger partial charge in [-0.25, -0.2) is 18.6 Å². The van der Waals surface area contributed by atoms with Crippen LogP contribution in [0.1, 0.15) is 30.6 Å². The number of fused-ring (bicyclic) bond motifs is 1. The van der Waals surface area contributed by atoms with E-state index in [-0.39, 0.29) is 11.3 Å². The molecule has 28 heavy (non-hydrogen) atoms. The van der Waals surface area contributed by atoms with Crippen molar-refractivity contribution in [1.29, 1.82) is 0 Å². The van der Waals surface area contributed by atoms with Crippen molar-refractivity contribution in [3.63, 3.8) is 0 Å². The summed E-state index contributed by atoms with van der Waals surface area (Å²) in [5.41, 5.74) is -0.146. The molecule has 1 aromatic carbocycles. The Morgan fingerprint density at radius 1 is 1.39 bits per heavy atom. The maximum Gasteiger partial charge on any atom is 0.319 e. The molecular weight excluding hydrogens is 370 g/mol. The third-order valence-electron chi connectivity index (χ3n) is 4.25. The lowest BCUT2D eigenvalue weighted by molar-refractivity contribution is 0.210. The molecule has 0 saturated carbocycles. The van der Waals surface area contributed by atoms with E-state index in [1.807, 2.05) is 6.92 Å². The van der Waals surface area contributed by atoms with Gasteiger partial charge in [0.25, 0.3) is 0 Å². The summed E-state index contributed by atoms with van der Waals surface area (Å²) < 4.78 is 34.4. The van der Waals surface area contributed by atoms with Crippen LogP contribution >= 0.6 is 0 Å². The second kappa shape index (κ2) is 8.22. The van der Waals surface area contributed by atoms with Crippen LogP contribution in [0.3, 0.4) is 0 Å². The minimum atomic E-state index is -1.62. The molecule has 0 bridgehead atoms. The van der Waals surface area contributed by atoms with Gasteiger partial charge in [-0.15, -0.1) is 0 Å². The molecule has 3 aromatic rings. The summed E-state index contributed by atoms with van der Waals surface area (Å²) in [6, 6.07) is 3.08. The molecule has 1 unspecified atom stereocenters. The molecule has 4 N–H and O–H groups in total. The van der Waals surface area contributed by atoms with E-state index in [9.17, 15) is 18.7 Å². The van der Waals surface area contributed by atoms with Crippen molar-refractivity contribution in [2.75, 3.05) is 19.0 Å². The molecule has 2 heterocycles. The number of aromatic amines is 1. The summed E-state index contributed by atoms with van der Waals surface area (Å²) in [7, 11) is 1.46. The molecule has 9 heteroatoms. The van der Waals surface area contributed by atoms with Crippen LogP contribution in [-0.4, -0.2) is 34.8 Å². The van der Waals surface area contributed by atoms with Gasteiger partial charge in [-0.05, 0) is 24.6 Å². The largest absolute Gasteiger partial charge is 0.495 e. The van der Waals surface area contributed by atoms with Gasteiger partial charge in [0, 0.05) is 23.7 Å². The number of methoxy groups -OCH3 is 1. The van der Waals surface area contributed by atoms with E-state index in [1.165, 1.54) is 19.5 Å². The molecule has 0 spiro atoms. The number of aromatic nitrogens is 2. The fraction of sp³-hybridized carbons (Fsp3) is 0.263. The van der Waals surface area contributed by atoms with E-state index in [2.05, 4.69) is 20.6 Å². The maximum atomic E-state index is 14.9. The highest BCUT2D eigenvalue weighted by Crippen LogP contribution is 2.34. The number of anilines is 1. The van der Waals surface area contributed by atoms with Crippen LogP contribution in [0.4, 0.5) is 19.3 Å². The van der Waals surface area contributed by atoms with Gasteiger partial charge in [-0.1, -0.05) is 6.92 Å². The Balaban J connectivity index is 1.99. The SMILES string of the molecule is CCCNC(=O)Nc1ccc(F)c(C(O)c2c[nH]c3ncc(OC)cc23)c1F. The number of amides is 2. The fourth-order valence-corrected chi connectivity index (χ4v) is 2.82. The standard InChI is InChI=1S/C19H20F2N4O3/c1-3-6-22-19(27)25-14-5-4-13(20)15(16(14)21)17(26)12-9-24-18-11(12)7-10(28-2)8-23-18/h4-5,7-9,17,26H,3,6H2,1-2H3,(H,23,24)(H2,22,25,27). The lowest BCUT2D eigenvalue weighted by atomic mass is 9.99. The Kier molecular flexibility index (Phi) is 5.74. The Labute approximate surface area is 159 Å². The number of rotatable bonds is 6. The monoisotopic (exact) mass is 390 g/mol. The summed E-state index contributed by atoms with van der Waals surface area (Å²) in [6.07, 6.45) is 1.99. The molecule has 0 aliphatic heterocycles. The number of H-pyrrole nitrogens is 1. The average molecular weight is 390 g/mol. The van der Waals surface area contributed by atoms with Gasteiger partial charge in [-0.2, -0.15) is 0 Å². The Morgan fingerprint density at radius 3 is 2.89 bits per heavy atom. The first kappa shape index (κ1) is 19.6. The Morgan fingerprint density at radius 2 is 2.18 bits per heavy atom. The number of nitrogens with zero attached hydrogens (tertiary/aromatic N) is 1. The smallest absolute Gasteiger partial charge is 0.319 e. The molecule has 3 rings (SSSR count). The number of benzene rings is 1. The number of hydrogen-bond donors (Lipinski definition) is 4. The Hall–Kier alpha value is -3.20. The first-order valence-corrected chi connectivity index (χ1v) is 8.68. The van der Waals surface area contributed by atoms with Crippen LogP contribution in [-0.2, 0) is 0 Å². The molecule has 0 saturated heterocycles. The van der Waals surface area contributed by atoms with Crippen molar-refractivity contribution in [3.05, 3.63) is 53.4 Å². The number of carbonyl (C=O) groups excluding carboxylic acids is 1. The van der Waals surface area contributed by atoms with Crippen molar-refractivity contribution in [1.82, 2.24) is 15.3 Å². The summed E-state index contributed by atoms with van der Waals surface area (Å²) in [5, 5.41) is 16.0. The van der Waals surface area contributed by atoms with Gasteiger partial charge < -0.3 is 25.5 Å². The number of pyridine rings is 1. The molecule has 7 nitrogen and oxygen atoms in total. The predicted octanol–water partition coefficient (Wildman–Crippen LogP) is 3.46. The van der Waals surface area contributed by atoms with Gasteiger partial charge in [0.05, 0.1) is 24.6 Å².